The lowest BCUT2D eigenvalue weighted by Gasteiger charge is -2.34. The van der Waals surface area contributed by atoms with E-state index in [0.717, 1.165) is 6.54 Å². The summed E-state index contributed by atoms with van der Waals surface area (Å²) in [6.45, 7) is 1.77. The van der Waals surface area contributed by atoms with E-state index in [0.29, 0.717) is 18.7 Å². The van der Waals surface area contributed by atoms with Gasteiger partial charge in [0.25, 0.3) is 0 Å². The fourth-order valence-electron chi connectivity index (χ4n) is 4.15. The van der Waals surface area contributed by atoms with Crippen molar-refractivity contribution in [3.63, 3.8) is 0 Å². The first kappa shape index (κ1) is 15.6. The molecule has 2 heteroatoms. The van der Waals surface area contributed by atoms with Crippen LogP contribution in [0, 0.1) is 0 Å². The van der Waals surface area contributed by atoms with Gasteiger partial charge in [0.05, 0.1) is 6.61 Å². The largest absolute Gasteiger partial charge is 0.380 e. The topological polar surface area (TPSA) is 12.5 Å². The zero-order valence-corrected chi connectivity index (χ0v) is 14.3. The monoisotopic (exact) mass is 319 g/mol. The summed E-state index contributed by atoms with van der Waals surface area (Å²) in [5.41, 5.74) is 5.57. The number of methoxy groups -OCH3 is 1. The Morgan fingerprint density at radius 1 is 0.958 bits per heavy atom. The fourth-order valence-corrected chi connectivity index (χ4v) is 4.15. The Morgan fingerprint density at radius 3 is 2.46 bits per heavy atom. The van der Waals surface area contributed by atoms with E-state index < -0.39 is 0 Å². The Labute approximate surface area is 144 Å². The highest BCUT2D eigenvalue weighted by atomic mass is 16.5. The van der Waals surface area contributed by atoms with Gasteiger partial charge in [-0.2, -0.15) is 0 Å². The lowest BCUT2D eigenvalue weighted by molar-refractivity contribution is 0.185. The highest BCUT2D eigenvalue weighted by Gasteiger charge is 2.36. The van der Waals surface area contributed by atoms with Gasteiger partial charge in [-0.3, -0.25) is 4.90 Å². The van der Waals surface area contributed by atoms with Crippen LogP contribution >= 0.6 is 0 Å². The number of hydrogen-bond donors (Lipinski definition) is 0. The number of rotatable bonds is 5. The molecule has 2 nitrogen and oxygen atoms in total. The average molecular weight is 319 g/mol. The van der Waals surface area contributed by atoms with Gasteiger partial charge in [0.1, 0.15) is 0 Å². The Hall–Kier alpha value is -1.90. The van der Waals surface area contributed by atoms with Crippen molar-refractivity contribution >= 4 is 5.57 Å². The summed E-state index contributed by atoms with van der Waals surface area (Å²) in [7, 11) is 1.75. The smallest absolute Gasteiger partial charge is 0.0713 e. The molecule has 0 radical (unpaired) electrons. The average Bonchev–Trinajstić information content (AvgIpc) is 2.85. The lowest BCUT2D eigenvalue weighted by Crippen LogP contribution is -2.37. The standard InChI is InChI=1S/C22H25NO/c1-24-16-18-7-9-19(10-8-18)20-13-21-11-12-22(14-20)23(21)15-17-5-3-2-4-6-17/h2-10,13,21-22H,11-12,14-16H2,1H3. The molecule has 4 rings (SSSR count). The summed E-state index contributed by atoms with van der Waals surface area (Å²) < 4.78 is 5.21. The van der Waals surface area contributed by atoms with Crippen molar-refractivity contribution in [2.75, 3.05) is 7.11 Å². The van der Waals surface area contributed by atoms with Crippen LogP contribution in [0.5, 0.6) is 0 Å². The molecule has 124 valence electrons. The van der Waals surface area contributed by atoms with Gasteiger partial charge in [0.15, 0.2) is 0 Å². The normalized spacial score (nSPS) is 23.3. The van der Waals surface area contributed by atoms with E-state index in [9.17, 15) is 0 Å². The summed E-state index contributed by atoms with van der Waals surface area (Å²) in [5.74, 6) is 0. The van der Waals surface area contributed by atoms with Gasteiger partial charge in [-0.25, -0.2) is 0 Å². The molecule has 0 aliphatic carbocycles. The van der Waals surface area contributed by atoms with Crippen molar-refractivity contribution in [3.05, 3.63) is 77.4 Å². The minimum atomic E-state index is 0.595. The first-order chi connectivity index (χ1) is 11.8. The molecule has 2 aromatic rings. The van der Waals surface area contributed by atoms with Crippen molar-refractivity contribution in [2.45, 2.75) is 44.5 Å². The third-order valence-corrected chi connectivity index (χ3v) is 5.38. The first-order valence-corrected chi connectivity index (χ1v) is 8.92. The zero-order valence-electron chi connectivity index (χ0n) is 14.3. The molecule has 2 atom stereocenters. The summed E-state index contributed by atoms with van der Waals surface area (Å²) in [4.78, 5) is 2.69. The molecule has 0 saturated carbocycles. The lowest BCUT2D eigenvalue weighted by atomic mass is 9.94. The van der Waals surface area contributed by atoms with Crippen molar-refractivity contribution in [3.8, 4) is 0 Å². The number of nitrogens with zero attached hydrogens (tertiary/aromatic N) is 1. The molecule has 0 amide bonds. The highest BCUT2D eigenvalue weighted by Crippen LogP contribution is 2.39. The number of benzene rings is 2. The molecular weight excluding hydrogens is 294 g/mol. The highest BCUT2D eigenvalue weighted by molar-refractivity contribution is 5.68. The molecule has 24 heavy (non-hydrogen) atoms. The van der Waals surface area contributed by atoms with Crippen LogP contribution in [-0.2, 0) is 17.9 Å². The Morgan fingerprint density at radius 2 is 1.75 bits per heavy atom. The van der Waals surface area contributed by atoms with E-state index in [1.807, 2.05) is 0 Å². The maximum atomic E-state index is 5.21. The predicted octanol–water partition coefficient (Wildman–Crippen LogP) is 4.65. The van der Waals surface area contributed by atoms with Crippen LogP contribution in [0.3, 0.4) is 0 Å². The maximum Gasteiger partial charge on any atom is 0.0713 e. The van der Waals surface area contributed by atoms with Crippen LogP contribution in [0.25, 0.3) is 5.57 Å². The maximum absolute atomic E-state index is 5.21. The molecular formula is C22H25NO. The molecule has 2 unspecified atom stereocenters. The summed E-state index contributed by atoms with van der Waals surface area (Å²) in [6.07, 6.45) is 6.30. The molecule has 2 aromatic carbocycles. The number of fused-ring (bicyclic) bond motifs is 2. The summed E-state index contributed by atoms with van der Waals surface area (Å²) in [6, 6.07) is 21.1. The third-order valence-electron chi connectivity index (χ3n) is 5.38. The van der Waals surface area contributed by atoms with Crippen LogP contribution in [0.15, 0.2) is 60.7 Å². The molecule has 2 heterocycles. The van der Waals surface area contributed by atoms with Crippen LogP contribution in [0.4, 0.5) is 0 Å². The molecule has 0 N–H and O–H groups in total. The quantitative estimate of drug-likeness (QED) is 0.795. The Bertz CT molecular complexity index is 705. The second-order valence-corrected chi connectivity index (χ2v) is 6.98. The van der Waals surface area contributed by atoms with E-state index in [4.69, 9.17) is 4.74 Å². The van der Waals surface area contributed by atoms with E-state index in [1.165, 1.54) is 41.5 Å². The van der Waals surface area contributed by atoms with Crippen molar-refractivity contribution in [1.29, 1.82) is 0 Å². The minimum Gasteiger partial charge on any atom is -0.380 e. The molecule has 1 saturated heterocycles. The third kappa shape index (κ3) is 3.17. The van der Waals surface area contributed by atoms with Gasteiger partial charge in [-0.15, -0.1) is 0 Å². The van der Waals surface area contributed by atoms with E-state index in [-0.39, 0.29) is 0 Å². The summed E-state index contributed by atoms with van der Waals surface area (Å²) >= 11 is 0. The van der Waals surface area contributed by atoms with E-state index in [1.54, 1.807) is 7.11 Å². The molecule has 2 aliphatic heterocycles. The molecule has 0 aromatic heterocycles. The molecule has 2 aliphatic rings. The molecule has 1 fully saturated rings. The van der Waals surface area contributed by atoms with E-state index in [2.05, 4.69) is 65.6 Å². The Kier molecular flexibility index (Phi) is 4.50. The first-order valence-electron chi connectivity index (χ1n) is 8.92. The zero-order chi connectivity index (χ0) is 16.4. The van der Waals surface area contributed by atoms with Crippen LogP contribution in [-0.4, -0.2) is 24.1 Å². The second-order valence-electron chi connectivity index (χ2n) is 6.98. The van der Waals surface area contributed by atoms with Crippen LogP contribution in [0.2, 0.25) is 0 Å². The van der Waals surface area contributed by atoms with Gasteiger partial charge in [-0.05, 0) is 41.5 Å². The van der Waals surface area contributed by atoms with E-state index >= 15 is 0 Å². The molecule has 0 spiro atoms. The number of hydrogen-bond acceptors (Lipinski definition) is 2. The molecule has 2 bridgehead atoms. The Balaban J connectivity index is 1.51. The van der Waals surface area contributed by atoms with Gasteiger partial charge < -0.3 is 4.74 Å². The fraction of sp³-hybridized carbons (Fsp3) is 0.364. The van der Waals surface area contributed by atoms with Gasteiger partial charge >= 0.3 is 0 Å². The van der Waals surface area contributed by atoms with Gasteiger partial charge in [0.2, 0.25) is 0 Å². The van der Waals surface area contributed by atoms with Crippen molar-refractivity contribution < 1.29 is 4.74 Å². The second kappa shape index (κ2) is 6.92. The van der Waals surface area contributed by atoms with Crippen molar-refractivity contribution in [1.82, 2.24) is 4.90 Å². The predicted molar refractivity (Wildman–Crippen MR) is 98.5 cm³/mol. The SMILES string of the molecule is COCc1ccc(C2=CC3CCC(C2)N3Cc2ccccc2)cc1. The van der Waals surface area contributed by atoms with Crippen LogP contribution < -0.4 is 0 Å². The van der Waals surface area contributed by atoms with Crippen molar-refractivity contribution in [2.24, 2.45) is 0 Å². The minimum absolute atomic E-state index is 0.595. The number of ether oxygens (including phenoxy) is 1. The van der Waals surface area contributed by atoms with Crippen LogP contribution in [0.1, 0.15) is 36.0 Å². The van der Waals surface area contributed by atoms with Gasteiger partial charge in [-0.1, -0.05) is 60.7 Å². The van der Waals surface area contributed by atoms with Gasteiger partial charge in [0, 0.05) is 25.7 Å². The summed E-state index contributed by atoms with van der Waals surface area (Å²) in [5, 5.41) is 0.